The average molecular weight is 643 g/mol. The minimum atomic E-state index is -5.11. The fourth-order valence-corrected chi connectivity index (χ4v) is 4.41. The molecule has 0 saturated carbocycles. The summed E-state index contributed by atoms with van der Waals surface area (Å²) in [5.74, 6) is -4.67. The Balaban J connectivity index is 1.68. The Hall–Kier alpha value is -4.10. The number of methoxy groups -OCH3 is 1. The van der Waals surface area contributed by atoms with Crippen LogP contribution in [-0.2, 0) is 10.9 Å². The first-order chi connectivity index (χ1) is 20.3. The van der Waals surface area contributed by atoms with Gasteiger partial charge in [-0.1, -0.05) is 13.8 Å². The van der Waals surface area contributed by atoms with Crippen LogP contribution in [0.15, 0.2) is 23.1 Å². The zero-order valence-electron chi connectivity index (χ0n) is 23.3. The molecule has 12 nitrogen and oxygen atoms in total. The van der Waals surface area contributed by atoms with Crippen LogP contribution in [0.3, 0.4) is 0 Å². The third-order valence-corrected chi connectivity index (χ3v) is 7.07. The Labute approximate surface area is 243 Å². The largest absolute Gasteiger partial charge is 0.439 e. The van der Waals surface area contributed by atoms with Crippen molar-refractivity contribution in [2.75, 3.05) is 26.8 Å². The number of aromatic nitrogens is 5. The fraction of sp³-hybridized carbons (Fsp3) is 0.583. The molecular formula is C24H26F8N8O4. The van der Waals surface area contributed by atoms with E-state index < -0.39 is 85.0 Å². The summed E-state index contributed by atoms with van der Waals surface area (Å²) >= 11 is 0. The molecule has 3 aromatic rings. The van der Waals surface area contributed by atoms with Crippen LogP contribution in [0.25, 0.3) is 5.65 Å². The Bertz CT molecular complexity index is 1500. The number of ether oxygens (including phenoxy) is 1. The highest BCUT2D eigenvalue weighted by atomic mass is 19.4. The van der Waals surface area contributed by atoms with E-state index in [-0.39, 0.29) is 23.5 Å². The highest BCUT2D eigenvalue weighted by Crippen LogP contribution is 2.42. The monoisotopic (exact) mass is 642 g/mol. The molecule has 0 unspecified atom stereocenters. The summed E-state index contributed by atoms with van der Waals surface area (Å²) in [6.07, 6.45) is -8.31. The number of rotatable bonds is 10. The van der Waals surface area contributed by atoms with Gasteiger partial charge in [0.2, 0.25) is 11.4 Å². The SMILES string of the molecule is COC[C@H](c1cnn2cc([C@H](CCC(C)(C)C(F)(F)F)NC(=O)c3nonc3C(F)(F)F)nc2c1)N1CC(F)(F)CNC1=O. The van der Waals surface area contributed by atoms with Gasteiger partial charge >= 0.3 is 18.4 Å². The third kappa shape index (κ3) is 6.99. The lowest BCUT2D eigenvalue weighted by Crippen LogP contribution is -2.58. The predicted octanol–water partition coefficient (Wildman–Crippen LogP) is 4.32. The van der Waals surface area contributed by atoms with Crippen LogP contribution in [0.4, 0.5) is 39.9 Å². The molecule has 2 N–H and O–H groups in total. The predicted molar refractivity (Wildman–Crippen MR) is 131 cm³/mol. The maximum Gasteiger partial charge on any atom is 0.439 e. The lowest BCUT2D eigenvalue weighted by Gasteiger charge is -2.38. The molecule has 0 bridgehead atoms. The van der Waals surface area contributed by atoms with Crippen LogP contribution < -0.4 is 10.6 Å². The number of carbonyl (C=O) groups excluding carboxylic acids is 2. The number of carbonyl (C=O) groups is 2. The van der Waals surface area contributed by atoms with Crippen LogP contribution in [0.1, 0.15) is 66.2 Å². The molecule has 4 heterocycles. The zero-order chi connectivity index (χ0) is 32.7. The highest BCUT2D eigenvalue weighted by molar-refractivity contribution is 5.93. The van der Waals surface area contributed by atoms with Crippen LogP contribution in [0.2, 0.25) is 0 Å². The Kier molecular flexibility index (Phi) is 8.78. The summed E-state index contributed by atoms with van der Waals surface area (Å²) in [6, 6.07) is -1.85. The number of nitrogens with one attached hydrogen (secondary N) is 2. The van der Waals surface area contributed by atoms with E-state index in [2.05, 4.69) is 35.7 Å². The van der Waals surface area contributed by atoms with Gasteiger partial charge in [-0.3, -0.25) is 4.79 Å². The van der Waals surface area contributed by atoms with E-state index in [0.29, 0.717) is 0 Å². The van der Waals surface area contributed by atoms with Crippen molar-refractivity contribution < 1.29 is 54.1 Å². The molecule has 0 aliphatic carbocycles. The van der Waals surface area contributed by atoms with Gasteiger partial charge in [0.05, 0.1) is 55.3 Å². The van der Waals surface area contributed by atoms with Gasteiger partial charge in [-0.15, -0.1) is 0 Å². The normalized spacial score (nSPS) is 17.4. The van der Waals surface area contributed by atoms with Gasteiger partial charge in [-0.05, 0) is 29.2 Å². The molecule has 1 saturated heterocycles. The second-order valence-corrected chi connectivity index (χ2v) is 10.8. The second kappa shape index (κ2) is 11.8. The van der Waals surface area contributed by atoms with Crippen LogP contribution in [0.5, 0.6) is 0 Å². The van der Waals surface area contributed by atoms with Crippen LogP contribution >= 0.6 is 0 Å². The number of nitrogens with zero attached hydrogens (tertiary/aromatic N) is 6. The maximum atomic E-state index is 14.1. The number of urea groups is 1. The van der Waals surface area contributed by atoms with Crippen molar-refractivity contribution in [3.8, 4) is 0 Å². The quantitative estimate of drug-likeness (QED) is 0.312. The summed E-state index contributed by atoms with van der Waals surface area (Å²) in [5.41, 5.74) is -5.07. The molecular weight excluding hydrogens is 616 g/mol. The van der Waals surface area contributed by atoms with Gasteiger partial charge in [0.25, 0.3) is 11.8 Å². The van der Waals surface area contributed by atoms with Crippen molar-refractivity contribution in [3.05, 3.63) is 41.1 Å². The molecule has 242 valence electrons. The Morgan fingerprint density at radius 1 is 1.20 bits per heavy atom. The van der Waals surface area contributed by atoms with Crippen molar-refractivity contribution in [2.45, 2.75) is 57.0 Å². The number of hydrogen-bond acceptors (Lipinski definition) is 8. The standard InChI is InChI=1S/C24H26F8N8O4/c1-21(2,24(30,31)32)5-4-13(36-19(41)17-18(23(27,28)29)38-44-37-17)14-8-40-16(35-14)6-12(7-34-40)15(9-43-3)39-11-22(25,26)10-33-20(39)42/h6-8,13,15H,4-5,9-11H2,1-3H3,(H,33,42)(H,36,41)/t13-,15+/m0/s1. The van der Waals surface area contributed by atoms with Crippen LogP contribution in [-0.4, -0.2) is 80.7 Å². The number of amides is 3. The lowest BCUT2D eigenvalue weighted by molar-refractivity contribution is -0.214. The van der Waals surface area contributed by atoms with Crippen molar-refractivity contribution in [2.24, 2.45) is 5.41 Å². The minimum Gasteiger partial charge on any atom is -0.382 e. The molecule has 1 aliphatic rings. The molecule has 20 heteroatoms. The maximum absolute atomic E-state index is 14.1. The Morgan fingerprint density at radius 3 is 2.55 bits per heavy atom. The van der Waals surface area contributed by atoms with Gasteiger partial charge in [-0.25, -0.2) is 27.7 Å². The average Bonchev–Trinajstić information content (AvgIpc) is 3.58. The number of fused-ring (bicyclic) bond motifs is 1. The van der Waals surface area contributed by atoms with Crippen LogP contribution in [0, 0.1) is 5.41 Å². The molecule has 44 heavy (non-hydrogen) atoms. The van der Waals surface area contributed by atoms with E-state index in [0.717, 1.165) is 23.3 Å². The second-order valence-electron chi connectivity index (χ2n) is 10.8. The summed E-state index contributed by atoms with van der Waals surface area (Å²) in [6.45, 7) is -0.146. The van der Waals surface area contributed by atoms with Gasteiger partial charge in [0, 0.05) is 12.7 Å². The molecule has 1 fully saturated rings. The van der Waals surface area contributed by atoms with E-state index in [4.69, 9.17) is 4.74 Å². The van der Waals surface area contributed by atoms with Crippen molar-refractivity contribution in [3.63, 3.8) is 0 Å². The molecule has 4 rings (SSSR count). The van der Waals surface area contributed by atoms with Crippen molar-refractivity contribution >= 4 is 17.6 Å². The number of alkyl halides is 8. The first-order valence-corrected chi connectivity index (χ1v) is 12.9. The molecule has 0 spiro atoms. The fourth-order valence-electron chi connectivity index (χ4n) is 4.41. The molecule has 1 aliphatic heterocycles. The van der Waals surface area contributed by atoms with Crippen molar-refractivity contribution in [1.29, 1.82) is 0 Å². The number of halogens is 8. The van der Waals surface area contributed by atoms with E-state index >= 15 is 0 Å². The molecule has 0 aromatic carbocycles. The minimum absolute atomic E-state index is 0.0243. The summed E-state index contributed by atoms with van der Waals surface area (Å²) in [5, 5.41) is 14.1. The molecule has 3 amide bonds. The third-order valence-electron chi connectivity index (χ3n) is 7.07. The van der Waals surface area contributed by atoms with E-state index in [9.17, 15) is 44.7 Å². The van der Waals surface area contributed by atoms with E-state index in [1.165, 1.54) is 25.6 Å². The topological polar surface area (TPSA) is 140 Å². The molecule has 3 aromatic heterocycles. The van der Waals surface area contributed by atoms with Gasteiger partial charge in [-0.2, -0.15) is 31.4 Å². The first-order valence-electron chi connectivity index (χ1n) is 12.9. The summed E-state index contributed by atoms with van der Waals surface area (Å²) < 4.78 is 119. The van der Waals surface area contributed by atoms with Gasteiger partial charge < -0.3 is 20.3 Å². The Morgan fingerprint density at radius 2 is 1.91 bits per heavy atom. The van der Waals surface area contributed by atoms with E-state index in [1.54, 1.807) is 0 Å². The van der Waals surface area contributed by atoms with Gasteiger partial charge in [0.15, 0.2) is 5.65 Å². The number of hydrogen-bond donors (Lipinski definition) is 2. The highest BCUT2D eigenvalue weighted by Gasteiger charge is 2.47. The zero-order valence-corrected chi connectivity index (χ0v) is 23.3. The van der Waals surface area contributed by atoms with Crippen molar-refractivity contribution in [1.82, 2.24) is 40.4 Å². The summed E-state index contributed by atoms with van der Waals surface area (Å²) in [4.78, 5) is 30.4. The summed E-state index contributed by atoms with van der Waals surface area (Å²) in [7, 11) is 1.29. The molecule has 2 atom stereocenters. The lowest BCUT2D eigenvalue weighted by atomic mass is 9.85. The molecule has 0 radical (unpaired) electrons. The smallest absolute Gasteiger partial charge is 0.382 e. The first kappa shape index (κ1) is 32.8. The number of imidazole rings is 1. The van der Waals surface area contributed by atoms with E-state index in [1.807, 2.05) is 0 Å². The van der Waals surface area contributed by atoms with Gasteiger partial charge in [0.1, 0.15) is 0 Å².